The monoisotopic (exact) mass is 432 g/mol. The SMILES string of the molecule is C=C1/C(=C\C=C2CCC[C@@]3(C)C2CC[C@]3(O)[C@H](C)CCCC(C)(C)O)C[C@@H](O)C[C@H]1O. The van der Waals surface area contributed by atoms with Crippen molar-refractivity contribution in [2.75, 3.05) is 0 Å². The van der Waals surface area contributed by atoms with E-state index in [0.29, 0.717) is 18.8 Å². The molecular weight excluding hydrogens is 388 g/mol. The average Bonchev–Trinajstić information content (AvgIpc) is 2.95. The molecule has 3 aliphatic carbocycles. The first-order valence-electron chi connectivity index (χ1n) is 12.3. The zero-order chi connectivity index (χ0) is 23.0. The van der Waals surface area contributed by atoms with Gasteiger partial charge in [-0.15, -0.1) is 0 Å². The summed E-state index contributed by atoms with van der Waals surface area (Å²) in [5.41, 5.74) is 1.60. The first-order chi connectivity index (χ1) is 14.4. The van der Waals surface area contributed by atoms with Crippen LogP contribution in [0.5, 0.6) is 0 Å². The van der Waals surface area contributed by atoms with E-state index in [2.05, 4.69) is 32.6 Å². The maximum atomic E-state index is 11.9. The third-order valence-electron chi connectivity index (χ3n) is 8.69. The predicted molar refractivity (Wildman–Crippen MR) is 125 cm³/mol. The Labute approximate surface area is 188 Å². The smallest absolute Gasteiger partial charge is 0.0811 e. The second-order valence-electron chi connectivity index (χ2n) is 11.5. The Morgan fingerprint density at radius 3 is 2.61 bits per heavy atom. The first-order valence-corrected chi connectivity index (χ1v) is 12.3. The minimum Gasteiger partial charge on any atom is -0.393 e. The number of fused-ring (bicyclic) bond motifs is 1. The normalized spacial score (nSPS) is 40.4. The Morgan fingerprint density at radius 1 is 1.23 bits per heavy atom. The predicted octanol–water partition coefficient (Wildman–Crippen LogP) is 4.82. The van der Waals surface area contributed by atoms with E-state index in [1.54, 1.807) is 0 Å². The summed E-state index contributed by atoms with van der Waals surface area (Å²) in [5, 5.41) is 42.1. The Morgan fingerprint density at radius 2 is 1.94 bits per heavy atom. The molecule has 176 valence electrons. The zero-order valence-electron chi connectivity index (χ0n) is 20.0. The highest BCUT2D eigenvalue weighted by molar-refractivity contribution is 5.39. The van der Waals surface area contributed by atoms with E-state index in [0.717, 1.165) is 62.5 Å². The first kappa shape index (κ1) is 24.7. The van der Waals surface area contributed by atoms with Crippen LogP contribution in [0.3, 0.4) is 0 Å². The van der Waals surface area contributed by atoms with Crippen LogP contribution in [0.15, 0.2) is 35.5 Å². The molecule has 0 amide bonds. The molecule has 1 unspecified atom stereocenters. The van der Waals surface area contributed by atoms with Crippen molar-refractivity contribution in [3.05, 3.63) is 35.5 Å². The molecule has 0 radical (unpaired) electrons. The van der Waals surface area contributed by atoms with Crippen molar-refractivity contribution in [3.63, 3.8) is 0 Å². The molecule has 31 heavy (non-hydrogen) atoms. The molecule has 0 heterocycles. The van der Waals surface area contributed by atoms with Gasteiger partial charge in [0.05, 0.1) is 23.4 Å². The third-order valence-corrected chi connectivity index (χ3v) is 8.69. The molecule has 3 fully saturated rings. The van der Waals surface area contributed by atoms with Crippen LogP contribution in [0.25, 0.3) is 0 Å². The summed E-state index contributed by atoms with van der Waals surface area (Å²) in [4.78, 5) is 0. The molecule has 4 heteroatoms. The number of aliphatic hydroxyl groups excluding tert-OH is 2. The van der Waals surface area contributed by atoms with Gasteiger partial charge in [0.1, 0.15) is 0 Å². The van der Waals surface area contributed by atoms with Gasteiger partial charge in [-0.2, -0.15) is 0 Å². The Balaban J connectivity index is 1.76. The van der Waals surface area contributed by atoms with Crippen molar-refractivity contribution >= 4 is 0 Å². The molecule has 0 aromatic carbocycles. The quantitative estimate of drug-likeness (QED) is 0.485. The van der Waals surface area contributed by atoms with Crippen LogP contribution < -0.4 is 0 Å². The topological polar surface area (TPSA) is 80.9 Å². The maximum absolute atomic E-state index is 11.9. The highest BCUT2D eigenvalue weighted by atomic mass is 16.3. The fourth-order valence-electron chi connectivity index (χ4n) is 6.64. The van der Waals surface area contributed by atoms with Crippen LogP contribution >= 0.6 is 0 Å². The maximum Gasteiger partial charge on any atom is 0.0811 e. The summed E-state index contributed by atoms with van der Waals surface area (Å²) >= 11 is 0. The van der Waals surface area contributed by atoms with Crippen LogP contribution in [0.1, 0.15) is 91.9 Å². The van der Waals surface area contributed by atoms with Crippen molar-refractivity contribution in [1.29, 1.82) is 0 Å². The molecule has 0 aromatic heterocycles. The number of aliphatic hydroxyl groups is 4. The summed E-state index contributed by atoms with van der Waals surface area (Å²) in [6, 6.07) is 0. The number of rotatable bonds is 6. The van der Waals surface area contributed by atoms with Gasteiger partial charge in [0, 0.05) is 11.8 Å². The van der Waals surface area contributed by atoms with Crippen molar-refractivity contribution in [2.45, 2.75) is 115 Å². The van der Waals surface area contributed by atoms with Gasteiger partial charge in [-0.1, -0.05) is 44.6 Å². The largest absolute Gasteiger partial charge is 0.393 e. The van der Waals surface area contributed by atoms with Crippen molar-refractivity contribution in [2.24, 2.45) is 17.3 Å². The molecule has 3 saturated carbocycles. The van der Waals surface area contributed by atoms with E-state index in [-0.39, 0.29) is 11.3 Å². The van der Waals surface area contributed by atoms with Crippen molar-refractivity contribution < 1.29 is 20.4 Å². The fourth-order valence-corrected chi connectivity index (χ4v) is 6.64. The van der Waals surface area contributed by atoms with Gasteiger partial charge in [-0.05, 0) is 88.2 Å². The van der Waals surface area contributed by atoms with Gasteiger partial charge in [0.25, 0.3) is 0 Å². The Bertz CT molecular complexity index is 730. The molecular formula is C27H44O4. The standard InChI is InChI=1S/C27H44O4/c1-18(8-6-13-25(3,4)30)27(31)15-12-23-20(9-7-14-26(23,27)5)10-11-21-16-22(28)17-24(29)19(21)2/h10-11,18,22-24,28-31H,2,6-9,12-17H2,1,3-5H3/b20-10?,21-11-/t18-,22-,23?,24-,26+,27+/m1/s1. The van der Waals surface area contributed by atoms with E-state index >= 15 is 0 Å². The van der Waals surface area contributed by atoms with Crippen molar-refractivity contribution in [1.82, 2.24) is 0 Å². The summed E-state index contributed by atoms with van der Waals surface area (Å²) in [7, 11) is 0. The van der Waals surface area contributed by atoms with Gasteiger partial charge in [0.15, 0.2) is 0 Å². The summed E-state index contributed by atoms with van der Waals surface area (Å²) in [6.45, 7) is 12.2. The molecule has 3 rings (SSSR count). The molecule has 0 bridgehead atoms. The highest BCUT2D eigenvalue weighted by Gasteiger charge is 2.59. The molecule has 0 aromatic rings. The van der Waals surface area contributed by atoms with E-state index in [9.17, 15) is 20.4 Å². The number of hydrogen-bond acceptors (Lipinski definition) is 4. The van der Waals surface area contributed by atoms with E-state index in [1.165, 1.54) is 5.57 Å². The van der Waals surface area contributed by atoms with Crippen LogP contribution in [-0.2, 0) is 0 Å². The molecule has 0 aliphatic heterocycles. The van der Waals surface area contributed by atoms with Crippen LogP contribution in [-0.4, -0.2) is 43.8 Å². The number of allylic oxidation sites excluding steroid dienone is 3. The van der Waals surface area contributed by atoms with Gasteiger partial charge >= 0.3 is 0 Å². The van der Waals surface area contributed by atoms with Crippen LogP contribution in [0.2, 0.25) is 0 Å². The zero-order valence-corrected chi connectivity index (χ0v) is 20.0. The van der Waals surface area contributed by atoms with Gasteiger partial charge in [0.2, 0.25) is 0 Å². The second kappa shape index (κ2) is 9.13. The van der Waals surface area contributed by atoms with E-state index in [4.69, 9.17) is 0 Å². The lowest BCUT2D eigenvalue weighted by Gasteiger charge is -2.50. The molecule has 4 N–H and O–H groups in total. The minimum absolute atomic E-state index is 0.133. The average molecular weight is 433 g/mol. The van der Waals surface area contributed by atoms with Gasteiger partial charge in [-0.3, -0.25) is 0 Å². The lowest BCUT2D eigenvalue weighted by molar-refractivity contribution is -0.115. The summed E-state index contributed by atoms with van der Waals surface area (Å²) in [5.74, 6) is 0.567. The lowest BCUT2D eigenvalue weighted by atomic mass is 9.58. The van der Waals surface area contributed by atoms with Crippen LogP contribution in [0, 0.1) is 17.3 Å². The Kier molecular flexibility index (Phi) is 7.27. The molecule has 3 aliphatic rings. The second-order valence-corrected chi connectivity index (χ2v) is 11.5. The molecule has 0 spiro atoms. The Hall–Kier alpha value is -0.940. The third kappa shape index (κ3) is 5.03. The van der Waals surface area contributed by atoms with E-state index < -0.39 is 23.4 Å². The minimum atomic E-state index is -0.676. The summed E-state index contributed by atoms with van der Waals surface area (Å²) in [6.07, 6.45) is 11.6. The van der Waals surface area contributed by atoms with E-state index in [1.807, 2.05) is 13.8 Å². The lowest BCUT2D eigenvalue weighted by Crippen LogP contribution is -2.51. The van der Waals surface area contributed by atoms with Crippen LogP contribution in [0.4, 0.5) is 0 Å². The molecule has 6 atom stereocenters. The molecule has 4 nitrogen and oxygen atoms in total. The number of hydrogen-bond donors (Lipinski definition) is 4. The van der Waals surface area contributed by atoms with Gasteiger partial charge in [-0.25, -0.2) is 0 Å². The van der Waals surface area contributed by atoms with Gasteiger partial charge < -0.3 is 20.4 Å². The highest BCUT2D eigenvalue weighted by Crippen LogP contribution is 2.62. The summed E-state index contributed by atoms with van der Waals surface area (Å²) < 4.78 is 0. The fraction of sp³-hybridized carbons (Fsp3) is 0.778. The van der Waals surface area contributed by atoms with Crippen molar-refractivity contribution in [3.8, 4) is 0 Å². The molecule has 0 saturated heterocycles.